The molecule has 11 N–H and O–H groups in total. The minimum absolute atomic E-state index is 0.00946. The highest BCUT2D eigenvalue weighted by Gasteiger charge is 2.59. The Balaban J connectivity index is 0.000000306. The van der Waals surface area contributed by atoms with Gasteiger partial charge in [0.25, 0.3) is 0 Å². The van der Waals surface area contributed by atoms with Crippen LogP contribution in [0.3, 0.4) is 0 Å². The fourth-order valence-electron chi connectivity index (χ4n) is 11.6. The fraction of sp³-hybridized carbons (Fsp3) is 0.932. The molecule has 0 aliphatic heterocycles. The summed E-state index contributed by atoms with van der Waals surface area (Å²) in [5.41, 5.74) is 30.3. The van der Waals surface area contributed by atoms with Crippen molar-refractivity contribution >= 4 is 6.09 Å². The third-order valence-electron chi connectivity index (χ3n) is 14.6. The van der Waals surface area contributed by atoms with Gasteiger partial charge in [-0.05, 0) is 189 Å². The zero-order valence-electron chi connectivity index (χ0n) is 35.2. The van der Waals surface area contributed by atoms with Gasteiger partial charge in [0.1, 0.15) is 6.10 Å². The third-order valence-corrected chi connectivity index (χ3v) is 14.6. The maximum atomic E-state index is 11.3. The number of rotatable bonds is 23. The van der Waals surface area contributed by atoms with E-state index >= 15 is 0 Å². The molecule has 9 atom stereocenters. The predicted octanol–water partition coefficient (Wildman–Crippen LogP) is 7.30. The van der Waals surface area contributed by atoms with Crippen molar-refractivity contribution in [3.8, 4) is 0 Å². The van der Waals surface area contributed by atoms with Crippen molar-refractivity contribution in [1.82, 2.24) is 10.2 Å². The van der Waals surface area contributed by atoms with Gasteiger partial charge in [-0.15, -0.1) is 0 Å². The van der Waals surface area contributed by atoms with Gasteiger partial charge >= 0.3 is 6.09 Å². The van der Waals surface area contributed by atoms with E-state index in [4.69, 9.17) is 33.4 Å². The lowest BCUT2D eigenvalue weighted by Gasteiger charge is -2.58. The number of ether oxygens (including phenoxy) is 1. The molecule has 3 saturated carbocycles. The fourth-order valence-corrected chi connectivity index (χ4v) is 11.6. The van der Waals surface area contributed by atoms with Gasteiger partial charge in [0.15, 0.2) is 0 Å². The van der Waals surface area contributed by atoms with Gasteiger partial charge in [-0.1, -0.05) is 65.5 Å². The summed E-state index contributed by atoms with van der Waals surface area (Å²) in [5.74, 6) is 5.20. The summed E-state index contributed by atoms with van der Waals surface area (Å²) >= 11 is 0. The molecule has 0 bridgehead atoms. The molecular weight excluding hydrogens is 659 g/mol. The Morgan fingerprint density at radius 3 is 2.15 bits per heavy atom. The van der Waals surface area contributed by atoms with Crippen LogP contribution in [0, 0.1) is 46.3 Å². The molecule has 4 rings (SSSR count). The summed E-state index contributed by atoms with van der Waals surface area (Å²) in [5, 5.41) is 3.53. The Bertz CT molecular complexity index is 1050. The normalized spacial score (nSPS) is 30.5. The average molecular weight is 746 g/mol. The van der Waals surface area contributed by atoms with Crippen LogP contribution in [0.25, 0.3) is 0 Å². The molecule has 1 amide bonds. The summed E-state index contributed by atoms with van der Waals surface area (Å²) < 4.78 is 5.39. The van der Waals surface area contributed by atoms with Gasteiger partial charge in [0.05, 0.1) is 0 Å². The number of primary amides is 1. The Kier molecular flexibility index (Phi) is 20.7. The van der Waals surface area contributed by atoms with Gasteiger partial charge in [0, 0.05) is 12.5 Å². The van der Waals surface area contributed by atoms with Crippen LogP contribution in [0.15, 0.2) is 11.6 Å². The first-order valence-electron chi connectivity index (χ1n) is 22.4. The van der Waals surface area contributed by atoms with E-state index in [-0.39, 0.29) is 6.10 Å². The van der Waals surface area contributed by atoms with Gasteiger partial charge in [-0.3, -0.25) is 0 Å². The number of hydrogen-bond donors (Lipinski definition) is 6. The molecule has 0 spiro atoms. The molecule has 0 saturated heterocycles. The topological polar surface area (TPSA) is 172 Å². The molecule has 0 radical (unpaired) electrons. The molecule has 0 aromatic carbocycles. The van der Waals surface area contributed by atoms with E-state index in [0.717, 1.165) is 152 Å². The van der Waals surface area contributed by atoms with E-state index in [2.05, 4.69) is 50.9 Å². The smallest absolute Gasteiger partial charge is 0.404 e. The second-order valence-electron chi connectivity index (χ2n) is 18.5. The maximum absolute atomic E-state index is 11.3. The predicted molar refractivity (Wildman–Crippen MR) is 224 cm³/mol. The van der Waals surface area contributed by atoms with Crippen molar-refractivity contribution < 1.29 is 9.53 Å². The molecule has 0 heterocycles. The van der Waals surface area contributed by atoms with E-state index in [1.54, 1.807) is 5.57 Å². The lowest BCUT2D eigenvalue weighted by atomic mass is 9.47. The van der Waals surface area contributed by atoms with Crippen molar-refractivity contribution in [3.05, 3.63) is 11.6 Å². The Morgan fingerprint density at radius 2 is 1.51 bits per heavy atom. The van der Waals surface area contributed by atoms with E-state index in [1.165, 1.54) is 51.4 Å². The second-order valence-corrected chi connectivity index (χ2v) is 18.5. The van der Waals surface area contributed by atoms with Crippen molar-refractivity contribution in [3.63, 3.8) is 0 Å². The number of fused-ring (bicyclic) bond motifs is 5. The molecule has 9 heteroatoms. The van der Waals surface area contributed by atoms with Gasteiger partial charge in [-0.2, -0.15) is 0 Å². The number of allylic oxidation sites excluding steroid dienone is 1. The van der Waals surface area contributed by atoms with E-state index in [0.29, 0.717) is 16.9 Å². The highest BCUT2D eigenvalue weighted by molar-refractivity contribution is 5.64. The Morgan fingerprint density at radius 1 is 0.811 bits per heavy atom. The Hall–Kier alpha value is -1.23. The summed E-state index contributed by atoms with van der Waals surface area (Å²) in [6.07, 6.45) is 23.9. The summed E-state index contributed by atoms with van der Waals surface area (Å²) in [7, 11) is 0. The molecule has 310 valence electrons. The number of nitrogens with two attached hydrogens (primary N) is 5. The van der Waals surface area contributed by atoms with Crippen LogP contribution in [0.1, 0.15) is 150 Å². The minimum atomic E-state index is -0.615. The second kappa shape index (κ2) is 23.7. The molecule has 4 aliphatic rings. The minimum Gasteiger partial charge on any atom is -0.446 e. The molecule has 0 aromatic rings. The summed E-state index contributed by atoms with van der Waals surface area (Å²) in [4.78, 5) is 13.8. The molecule has 53 heavy (non-hydrogen) atoms. The van der Waals surface area contributed by atoms with Crippen LogP contribution in [0.5, 0.6) is 0 Å². The number of carbonyl (C=O) groups excluding carboxylic acids is 1. The molecule has 3 fully saturated rings. The average Bonchev–Trinajstić information content (AvgIpc) is 3.48. The Labute approximate surface area is 326 Å². The first kappa shape index (κ1) is 46.2. The molecule has 4 aliphatic carbocycles. The maximum Gasteiger partial charge on any atom is 0.404 e. The van der Waals surface area contributed by atoms with Crippen LogP contribution in [0.2, 0.25) is 0 Å². The first-order chi connectivity index (χ1) is 25.4. The number of nitrogens with zero attached hydrogens (tertiary/aromatic N) is 1. The van der Waals surface area contributed by atoms with Crippen LogP contribution < -0.4 is 34.0 Å². The lowest BCUT2D eigenvalue weighted by molar-refractivity contribution is -0.0578. The van der Waals surface area contributed by atoms with Gasteiger partial charge < -0.3 is 43.6 Å². The van der Waals surface area contributed by atoms with Crippen molar-refractivity contribution in [2.24, 2.45) is 75.0 Å². The highest BCUT2D eigenvalue weighted by atomic mass is 16.6. The van der Waals surface area contributed by atoms with Gasteiger partial charge in [0.2, 0.25) is 0 Å². The van der Waals surface area contributed by atoms with Crippen LogP contribution >= 0.6 is 0 Å². The standard InChI is InChI=1S/C28H47NO2.C16H40N6/c1-18(2)7-6-8-19(3)23-11-12-24-22-10-9-20-17-21(31-26(29)30)13-15-27(20,4)25(22)14-16-28(23,24)5;17-8-1-2-12-21-13-7-16(6-3-9-18)22(14-4-10-19)15-5-11-20/h9,18-19,21-25H,6-8,10-17H2,1-5H3,(H2,29,30);16,21H,1-15,17-20H2/t19-,21?,22?,23-,24?,25?,27+,28-;/m1./s1. The quantitative estimate of drug-likeness (QED) is 0.0467. The van der Waals surface area contributed by atoms with E-state index in [9.17, 15) is 4.79 Å². The number of unbranched alkanes of at least 4 members (excludes halogenated alkanes) is 1. The summed E-state index contributed by atoms with van der Waals surface area (Å²) in [6.45, 7) is 19.8. The molecular formula is C44H87N7O2. The van der Waals surface area contributed by atoms with Crippen molar-refractivity contribution in [2.45, 2.75) is 162 Å². The highest BCUT2D eigenvalue weighted by Crippen LogP contribution is 2.67. The molecule has 5 unspecified atom stereocenters. The molecule has 0 aromatic heterocycles. The van der Waals surface area contributed by atoms with Crippen LogP contribution in [-0.2, 0) is 4.74 Å². The van der Waals surface area contributed by atoms with Crippen molar-refractivity contribution in [1.29, 1.82) is 0 Å². The monoisotopic (exact) mass is 746 g/mol. The number of nitrogens with one attached hydrogen (secondary N) is 1. The number of hydrogen-bond acceptors (Lipinski definition) is 8. The van der Waals surface area contributed by atoms with Gasteiger partial charge in [-0.25, -0.2) is 4.79 Å². The van der Waals surface area contributed by atoms with Crippen LogP contribution in [0.4, 0.5) is 4.79 Å². The molecule has 9 nitrogen and oxygen atoms in total. The zero-order chi connectivity index (χ0) is 38.9. The SMILES string of the molecule is CC(C)CCC[C@@H](C)[C@H]1CCC2C3CC=C4CC(OC(N)=O)CC[C@]4(C)C3CC[C@@]21C.NCCCCNCCC(CCCN)N(CCCN)CCCN. The van der Waals surface area contributed by atoms with E-state index in [1.807, 2.05) is 0 Å². The van der Waals surface area contributed by atoms with Crippen molar-refractivity contribution in [2.75, 3.05) is 52.4 Å². The lowest BCUT2D eigenvalue weighted by Crippen LogP contribution is -2.51. The third kappa shape index (κ3) is 13.4. The van der Waals surface area contributed by atoms with E-state index < -0.39 is 6.09 Å². The summed E-state index contributed by atoms with van der Waals surface area (Å²) in [6, 6.07) is 0.587. The van der Waals surface area contributed by atoms with Crippen LogP contribution in [-0.4, -0.2) is 75.5 Å². The number of carbonyl (C=O) groups is 1. The first-order valence-corrected chi connectivity index (χ1v) is 22.4. The largest absolute Gasteiger partial charge is 0.446 e. The zero-order valence-corrected chi connectivity index (χ0v) is 35.2. The number of amides is 1.